The number of hydrogen-bond acceptors (Lipinski definition) is 7. The van der Waals surface area contributed by atoms with E-state index in [1.165, 1.54) is 0 Å². The van der Waals surface area contributed by atoms with Gasteiger partial charge in [-0.15, -0.1) is 0 Å². The van der Waals surface area contributed by atoms with E-state index in [-0.39, 0.29) is 11.4 Å². The van der Waals surface area contributed by atoms with Gasteiger partial charge in [0.2, 0.25) is 10.0 Å². The van der Waals surface area contributed by atoms with Crippen molar-refractivity contribution >= 4 is 21.7 Å². The van der Waals surface area contributed by atoms with Gasteiger partial charge in [0.25, 0.3) is 0 Å². The molecule has 0 aliphatic carbocycles. The molecule has 0 unspecified atom stereocenters. The lowest BCUT2D eigenvalue weighted by molar-refractivity contribution is 0.411. The molecule has 3 N–H and O–H groups in total. The van der Waals surface area contributed by atoms with E-state index in [1.807, 2.05) is 20.8 Å². The summed E-state index contributed by atoms with van der Waals surface area (Å²) in [6, 6.07) is 5.15. The Morgan fingerprint density at radius 2 is 1.63 bits per heavy atom. The van der Waals surface area contributed by atoms with Gasteiger partial charge in [-0.1, -0.05) is 0 Å². The van der Waals surface area contributed by atoms with Crippen molar-refractivity contribution in [3.63, 3.8) is 0 Å². The van der Waals surface area contributed by atoms with Crippen LogP contribution >= 0.6 is 0 Å². The first kappa shape index (κ1) is 20.9. The predicted octanol–water partition coefficient (Wildman–Crippen LogP) is 2.23. The minimum absolute atomic E-state index is 0.229. The smallest absolute Gasteiger partial charge is 0.240 e. The third-order valence-electron chi connectivity index (χ3n) is 3.90. The van der Waals surface area contributed by atoms with E-state index < -0.39 is 10.0 Å². The molecule has 148 valence electrons. The monoisotopic (exact) mass is 393 g/mol. The molecule has 0 radical (unpaired) electrons. The fourth-order valence-electron chi connectivity index (χ4n) is 2.66. The number of aryl methyl sites for hydroxylation is 3. The van der Waals surface area contributed by atoms with Crippen LogP contribution in [-0.2, 0) is 10.0 Å². The Morgan fingerprint density at radius 3 is 2.26 bits per heavy atom. The van der Waals surface area contributed by atoms with Crippen molar-refractivity contribution in [3.8, 4) is 5.75 Å². The van der Waals surface area contributed by atoms with E-state index in [9.17, 15) is 8.42 Å². The molecule has 1 heterocycles. The van der Waals surface area contributed by atoms with Crippen LogP contribution in [0.25, 0.3) is 0 Å². The third-order valence-corrected chi connectivity index (χ3v) is 5.50. The van der Waals surface area contributed by atoms with E-state index in [0.29, 0.717) is 29.5 Å². The van der Waals surface area contributed by atoms with Gasteiger partial charge in [0.1, 0.15) is 23.2 Å². The number of nitrogens with one attached hydrogen (secondary N) is 3. The average molecular weight is 394 g/mol. The highest BCUT2D eigenvalue weighted by Gasteiger charge is 2.18. The van der Waals surface area contributed by atoms with Gasteiger partial charge in [-0.05, 0) is 51.0 Å². The molecule has 0 aliphatic heterocycles. The van der Waals surface area contributed by atoms with Gasteiger partial charge in [-0.2, -0.15) is 0 Å². The summed E-state index contributed by atoms with van der Waals surface area (Å²) < 4.78 is 33.0. The van der Waals surface area contributed by atoms with Crippen LogP contribution in [0.3, 0.4) is 0 Å². The predicted molar refractivity (Wildman–Crippen MR) is 107 cm³/mol. The number of ether oxygens (including phenoxy) is 1. The minimum atomic E-state index is -3.61. The topological polar surface area (TPSA) is 105 Å². The summed E-state index contributed by atoms with van der Waals surface area (Å²) in [6.07, 6.45) is 0. The Hall–Kier alpha value is -2.39. The summed E-state index contributed by atoms with van der Waals surface area (Å²) >= 11 is 0. The number of benzene rings is 1. The zero-order chi connectivity index (χ0) is 20.0. The Kier molecular flexibility index (Phi) is 6.98. The van der Waals surface area contributed by atoms with Gasteiger partial charge in [-0.25, -0.2) is 23.1 Å². The maximum absolute atomic E-state index is 12.6. The number of nitrogens with zero attached hydrogens (tertiary/aromatic N) is 2. The van der Waals surface area contributed by atoms with Gasteiger partial charge in [0, 0.05) is 25.7 Å². The molecule has 0 fully saturated rings. The van der Waals surface area contributed by atoms with Gasteiger partial charge in [0.05, 0.1) is 12.0 Å². The summed E-state index contributed by atoms with van der Waals surface area (Å²) in [4.78, 5) is 8.84. The molecule has 8 nitrogen and oxygen atoms in total. The number of sulfonamides is 1. The lowest BCUT2D eigenvalue weighted by Crippen LogP contribution is -2.29. The average Bonchev–Trinajstić information content (AvgIpc) is 2.60. The second-order valence-electron chi connectivity index (χ2n) is 6.13. The van der Waals surface area contributed by atoms with E-state index in [1.54, 1.807) is 32.2 Å². The fraction of sp³-hybridized carbons (Fsp3) is 0.444. The highest BCUT2D eigenvalue weighted by atomic mass is 32.2. The van der Waals surface area contributed by atoms with Crippen molar-refractivity contribution in [1.29, 1.82) is 0 Å². The fourth-order valence-corrected chi connectivity index (χ4v) is 4.00. The lowest BCUT2D eigenvalue weighted by Gasteiger charge is -2.13. The summed E-state index contributed by atoms with van der Waals surface area (Å²) in [6.45, 7) is 8.75. The molecule has 0 atom stereocenters. The van der Waals surface area contributed by atoms with Crippen molar-refractivity contribution in [1.82, 2.24) is 14.7 Å². The first-order valence-electron chi connectivity index (χ1n) is 8.75. The van der Waals surface area contributed by atoms with Crippen LogP contribution in [0.2, 0.25) is 0 Å². The van der Waals surface area contributed by atoms with Crippen LogP contribution in [-0.4, -0.2) is 45.1 Å². The highest BCUT2D eigenvalue weighted by molar-refractivity contribution is 7.89. The molecule has 1 aromatic heterocycles. The molecule has 0 saturated heterocycles. The molecule has 9 heteroatoms. The Morgan fingerprint density at radius 1 is 0.963 bits per heavy atom. The number of hydrogen-bond donors (Lipinski definition) is 3. The van der Waals surface area contributed by atoms with Crippen LogP contribution < -0.4 is 20.1 Å². The molecule has 0 saturated carbocycles. The maximum atomic E-state index is 12.6. The summed E-state index contributed by atoms with van der Waals surface area (Å²) in [5.74, 6) is 2.69. The molecule has 0 bridgehead atoms. The van der Waals surface area contributed by atoms with Crippen LogP contribution in [0.15, 0.2) is 23.1 Å². The standard InChI is InChI=1S/C18H27N5O3S/c1-6-19-17-11-18(23-14(4)22-17)20-7-8-21-27(24,25)16-10-12(2)15(26-5)9-13(16)3/h9-11,21H,6-8H2,1-5H3,(H2,19,20,22,23). The lowest BCUT2D eigenvalue weighted by atomic mass is 10.1. The van der Waals surface area contributed by atoms with Gasteiger partial charge in [0.15, 0.2) is 0 Å². The van der Waals surface area contributed by atoms with Crippen LogP contribution in [0.5, 0.6) is 5.75 Å². The Bertz CT molecular complexity index is 900. The first-order valence-corrected chi connectivity index (χ1v) is 10.2. The summed E-state index contributed by atoms with van der Waals surface area (Å²) in [5, 5.41) is 6.25. The van der Waals surface area contributed by atoms with Crippen LogP contribution in [0.1, 0.15) is 23.9 Å². The molecule has 27 heavy (non-hydrogen) atoms. The Balaban J connectivity index is 2.00. The normalized spacial score (nSPS) is 11.3. The molecule has 2 rings (SSSR count). The van der Waals surface area contributed by atoms with E-state index in [4.69, 9.17) is 4.74 Å². The summed E-state index contributed by atoms with van der Waals surface area (Å²) in [7, 11) is -2.04. The van der Waals surface area contributed by atoms with Crippen molar-refractivity contribution < 1.29 is 13.2 Å². The van der Waals surface area contributed by atoms with Crippen molar-refractivity contribution in [3.05, 3.63) is 35.2 Å². The van der Waals surface area contributed by atoms with Crippen LogP contribution in [0, 0.1) is 20.8 Å². The second kappa shape index (κ2) is 9.01. The van der Waals surface area contributed by atoms with Crippen LogP contribution in [0.4, 0.5) is 11.6 Å². The van der Waals surface area contributed by atoms with Gasteiger partial charge >= 0.3 is 0 Å². The number of rotatable bonds is 9. The van der Waals surface area contributed by atoms with Crippen molar-refractivity contribution in [2.24, 2.45) is 0 Å². The number of methoxy groups -OCH3 is 1. The second-order valence-corrected chi connectivity index (χ2v) is 7.86. The molecule has 0 spiro atoms. The number of aromatic nitrogens is 2. The van der Waals surface area contributed by atoms with E-state index >= 15 is 0 Å². The zero-order valence-electron chi connectivity index (χ0n) is 16.4. The van der Waals surface area contributed by atoms with E-state index in [2.05, 4.69) is 25.3 Å². The molecule has 0 amide bonds. The van der Waals surface area contributed by atoms with E-state index in [0.717, 1.165) is 17.9 Å². The van der Waals surface area contributed by atoms with Crippen molar-refractivity contribution in [2.75, 3.05) is 37.4 Å². The molecule has 2 aromatic rings. The largest absolute Gasteiger partial charge is 0.496 e. The molecular weight excluding hydrogens is 366 g/mol. The van der Waals surface area contributed by atoms with Crippen molar-refractivity contribution in [2.45, 2.75) is 32.6 Å². The molecule has 0 aliphatic rings. The highest BCUT2D eigenvalue weighted by Crippen LogP contribution is 2.25. The third kappa shape index (κ3) is 5.54. The summed E-state index contributed by atoms with van der Waals surface area (Å²) in [5.41, 5.74) is 1.41. The SMILES string of the molecule is CCNc1cc(NCCNS(=O)(=O)c2cc(C)c(OC)cc2C)nc(C)n1. The maximum Gasteiger partial charge on any atom is 0.240 e. The molecule has 1 aromatic carbocycles. The zero-order valence-corrected chi connectivity index (χ0v) is 17.2. The number of anilines is 2. The molecular formula is C18H27N5O3S. The van der Waals surface area contributed by atoms with Gasteiger partial charge in [-0.3, -0.25) is 0 Å². The minimum Gasteiger partial charge on any atom is -0.496 e. The Labute approximate surface area is 160 Å². The first-order chi connectivity index (χ1) is 12.8. The van der Waals surface area contributed by atoms with Gasteiger partial charge < -0.3 is 15.4 Å². The quantitative estimate of drug-likeness (QED) is 0.561.